The van der Waals surface area contributed by atoms with Crippen LogP contribution in [0, 0.1) is 5.92 Å². The van der Waals surface area contributed by atoms with Gasteiger partial charge in [-0.25, -0.2) is 9.97 Å². The van der Waals surface area contributed by atoms with Crippen molar-refractivity contribution >= 4 is 11.9 Å². The highest BCUT2D eigenvalue weighted by Gasteiger charge is 2.28. The van der Waals surface area contributed by atoms with Crippen LogP contribution < -0.4 is 4.90 Å². The van der Waals surface area contributed by atoms with E-state index >= 15 is 0 Å². The fourth-order valence-corrected chi connectivity index (χ4v) is 3.03. The molecule has 1 aromatic heterocycles. The van der Waals surface area contributed by atoms with Crippen LogP contribution in [0.3, 0.4) is 0 Å². The van der Waals surface area contributed by atoms with Gasteiger partial charge in [-0.2, -0.15) is 0 Å². The van der Waals surface area contributed by atoms with Crippen LogP contribution in [0.5, 0.6) is 0 Å². The highest BCUT2D eigenvalue weighted by atomic mass is 16.5. The van der Waals surface area contributed by atoms with Crippen molar-refractivity contribution in [3.8, 4) is 0 Å². The first-order valence-electron chi connectivity index (χ1n) is 8.20. The van der Waals surface area contributed by atoms with Gasteiger partial charge in [-0.1, -0.05) is 12.2 Å². The molecule has 2 heterocycles. The third-order valence-electron chi connectivity index (χ3n) is 4.36. The van der Waals surface area contributed by atoms with Gasteiger partial charge < -0.3 is 14.5 Å². The maximum Gasteiger partial charge on any atom is 0.225 e. The summed E-state index contributed by atoms with van der Waals surface area (Å²) in [6.07, 6.45) is 8.71. The Kier molecular flexibility index (Phi) is 4.91. The van der Waals surface area contributed by atoms with Gasteiger partial charge in [0.2, 0.25) is 11.9 Å². The van der Waals surface area contributed by atoms with E-state index in [1.807, 2.05) is 30.0 Å². The van der Waals surface area contributed by atoms with E-state index in [4.69, 9.17) is 4.74 Å². The summed E-state index contributed by atoms with van der Waals surface area (Å²) in [5.74, 6) is 1.28. The zero-order chi connectivity index (χ0) is 16.2. The molecule has 0 saturated carbocycles. The SMILES string of the molecule is CN(C)c1nccc([C@@H]2CN(C(=O)C[C@H]3C=CCC3)CCO2)n1. The molecule has 1 saturated heterocycles. The fraction of sp³-hybridized carbons (Fsp3) is 0.588. The standard InChI is InChI=1S/C17H24N4O2/c1-20(2)17-18-8-7-14(19-17)15-12-21(9-10-23-15)16(22)11-13-5-3-4-6-13/h3,5,7-8,13,15H,4,6,9-12H2,1-2H3/t13-,15-/m0/s1. The van der Waals surface area contributed by atoms with Crippen LogP contribution in [0.15, 0.2) is 24.4 Å². The number of morpholine rings is 1. The van der Waals surface area contributed by atoms with E-state index in [2.05, 4.69) is 22.1 Å². The zero-order valence-electron chi connectivity index (χ0n) is 13.8. The average molecular weight is 316 g/mol. The lowest BCUT2D eigenvalue weighted by atomic mass is 10.0. The zero-order valence-corrected chi connectivity index (χ0v) is 13.8. The fourth-order valence-electron chi connectivity index (χ4n) is 3.03. The summed E-state index contributed by atoms with van der Waals surface area (Å²) < 4.78 is 5.83. The Hall–Kier alpha value is -1.95. The van der Waals surface area contributed by atoms with E-state index in [-0.39, 0.29) is 12.0 Å². The first-order chi connectivity index (χ1) is 11.1. The monoisotopic (exact) mass is 316 g/mol. The minimum absolute atomic E-state index is 0.173. The molecular formula is C17H24N4O2. The van der Waals surface area contributed by atoms with Gasteiger partial charge in [0.1, 0.15) is 6.10 Å². The van der Waals surface area contributed by atoms with Crippen LogP contribution in [0.1, 0.15) is 31.1 Å². The lowest BCUT2D eigenvalue weighted by molar-refractivity contribution is -0.139. The highest BCUT2D eigenvalue weighted by molar-refractivity contribution is 5.76. The molecule has 0 N–H and O–H groups in total. The third kappa shape index (κ3) is 3.88. The molecule has 1 amide bonds. The number of rotatable bonds is 4. The molecule has 23 heavy (non-hydrogen) atoms. The number of allylic oxidation sites excluding steroid dienone is 2. The number of anilines is 1. The van der Waals surface area contributed by atoms with E-state index < -0.39 is 0 Å². The molecular weight excluding hydrogens is 292 g/mol. The largest absolute Gasteiger partial charge is 0.368 e. The van der Waals surface area contributed by atoms with Gasteiger partial charge in [-0.15, -0.1) is 0 Å². The Balaban J connectivity index is 1.64. The molecule has 3 rings (SSSR count). The second-order valence-electron chi connectivity index (χ2n) is 6.34. The second kappa shape index (κ2) is 7.08. The number of hydrogen-bond donors (Lipinski definition) is 0. The summed E-state index contributed by atoms with van der Waals surface area (Å²) in [6.45, 7) is 1.79. The summed E-state index contributed by atoms with van der Waals surface area (Å²) in [6, 6.07) is 1.87. The van der Waals surface area contributed by atoms with Crippen molar-refractivity contribution in [1.82, 2.24) is 14.9 Å². The summed E-state index contributed by atoms with van der Waals surface area (Å²) in [5.41, 5.74) is 0.835. The number of hydrogen-bond acceptors (Lipinski definition) is 5. The van der Waals surface area contributed by atoms with Crippen LogP contribution in [0.2, 0.25) is 0 Å². The topological polar surface area (TPSA) is 58.6 Å². The number of carbonyl (C=O) groups is 1. The predicted octanol–water partition coefficient (Wildman–Crippen LogP) is 1.80. The van der Waals surface area contributed by atoms with Gasteiger partial charge in [0.15, 0.2) is 0 Å². The molecule has 1 aliphatic heterocycles. The minimum atomic E-state index is -0.173. The Morgan fingerprint density at radius 3 is 3.09 bits per heavy atom. The van der Waals surface area contributed by atoms with E-state index in [9.17, 15) is 4.79 Å². The van der Waals surface area contributed by atoms with Crippen molar-refractivity contribution in [2.45, 2.75) is 25.4 Å². The van der Waals surface area contributed by atoms with E-state index in [1.54, 1.807) is 6.20 Å². The molecule has 124 valence electrons. The number of aromatic nitrogens is 2. The molecule has 1 aliphatic carbocycles. The Morgan fingerprint density at radius 2 is 2.35 bits per heavy atom. The van der Waals surface area contributed by atoms with Gasteiger partial charge in [-0.05, 0) is 24.8 Å². The third-order valence-corrected chi connectivity index (χ3v) is 4.36. The average Bonchev–Trinajstić information content (AvgIpc) is 3.08. The number of amides is 1. The van der Waals surface area contributed by atoms with Crippen molar-refractivity contribution in [2.24, 2.45) is 5.92 Å². The molecule has 6 heteroatoms. The van der Waals surface area contributed by atoms with Crippen LogP contribution in [0.25, 0.3) is 0 Å². The van der Waals surface area contributed by atoms with Gasteiger partial charge in [0, 0.05) is 33.3 Å². The predicted molar refractivity (Wildman–Crippen MR) is 88.1 cm³/mol. The van der Waals surface area contributed by atoms with Crippen LogP contribution in [-0.4, -0.2) is 54.6 Å². The minimum Gasteiger partial charge on any atom is -0.368 e. The van der Waals surface area contributed by atoms with Crippen LogP contribution >= 0.6 is 0 Å². The van der Waals surface area contributed by atoms with Gasteiger partial charge in [0.25, 0.3) is 0 Å². The molecule has 1 aromatic rings. The highest BCUT2D eigenvalue weighted by Crippen LogP contribution is 2.25. The first-order valence-corrected chi connectivity index (χ1v) is 8.20. The van der Waals surface area contributed by atoms with Crippen molar-refractivity contribution < 1.29 is 9.53 Å². The van der Waals surface area contributed by atoms with Crippen molar-refractivity contribution in [3.05, 3.63) is 30.1 Å². The molecule has 0 unspecified atom stereocenters. The molecule has 0 spiro atoms. The molecule has 0 aromatic carbocycles. The van der Waals surface area contributed by atoms with Gasteiger partial charge >= 0.3 is 0 Å². The van der Waals surface area contributed by atoms with E-state index in [0.717, 1.165) is 18.5 Å². The number of ether oxygens (including phenoxy) is 1. The quantitative estimate of drug-likeness (QED) is 0.793. The smallest absolute Gasteiger partial charge is 0.225 e. The van der Waals surface area contributed by atoms with E-state index in [0.29, 0.717) is 38.0 Å². The molecule has 2 atom stereocenters. The van der Waals surface area contributed by atoms with Crippen molar-refractivity contribution in [2.75, 3.05) is 38.7 Å². The van der Waals surface area contributed by atoms with Crippen LogP contribution in [-0.2, 0) is 9.53 Å². The molecule has 1 fully saturated rings. The molecule has 6 nitrogen and oxygen atoms in total. The van der Waals surface area contributed by atoms with E-state index in [1.165, 1.54) is 0 Å². The molecule has 0 radical (unpaired) electrons. The molecule has 0 bridgehead atoms. The van der Waals surface area contributed by atoms with Gasteiger partial charge in [0.05, 0.1) is 18.8 Å². The maximum absolute atomic E-state index is 12.5. The molecule has 2 aliphatic rings. The normalized spacial score (nSPS) is 24.0. The second-order valence-corrected chi connectivity index (χ2v) is 6.34. The van der Waals surface area contributed by atoms with Crippen LogP contribution in [0.4, 0.5) is 5.95 Å². The van der Waals surface area contributed by atoms with Crippen molar-refractivity contribution in [1.29, 1.82) is 0 Å². The summed E-state index contributed by atoms with van der Waals surface area (Å²) >= 11 is 0. The summed E-state index contributed by atoms with van der Waals surface area (Å²) in [5, 5.41) is 0. The van der Waals surface area contributed by atoms with Gasteiger partial charge in [-0.3, -0.25) is 4.79 Å². The Morgan fingerprint density at radius 1 is 1.48 bits per heavy atom. The summed E-state index contributed by atoms with van der Waals surface area (Å²) in [4.78, 5) is 25.0. The Bertz CT molecular complexity index is 588. The maximum atomic E-state index is 12.5. The summed E-state index contributed by atoms with van der Waals surface area (Å²) in [7, 11) is 3.82. The number of nitrogens with zero attached hydrogens (tertiary/aromatic N) is 4. The lowest BCUT2D eigenvalue weighted by Crippen LogP contribution is -2.43. The van der Waals surface area contributed by atoms with Crippen molar-refractivity contribution in [3.63, 3.8) is 0 Å². The Labute approximate surface area is 137 Å². The first kappa shape index (κ1) is 15.9. The number of carbonyl (C=O) groups excluding carboxylic acids is 1. The lowest BCUT2D eigenvalue weighted by Gasteiger charge is -2.33.